The van der Waals surface area contributed by atoms with E-state index in [9.17, 15) is 14.7 Å². The molecular formula is C17H11N3O3S. The Morgan fingerprint density at radius 2 is 2.00 bits per heavy atom. The summed E-state index contributed by atoms with van der Waals surface area (Å²) in [5.74, 6) is -0.583. The van der Waals surface area contributed by atoms with Gasteiger partial charge in [0.15, 0.2) is 10.7 Å². The van der Waals surface area contributed by atoms with Gasteiger partial charge >= 0.3 is 0 Å². The number of carbonyl (C=O) groups is 1. The largest absolute Gasteiger partial charge is 0.504 e. The molecule has 0 saturated heterocycles. The summed E-state index contributed by atoms with van der Waals surface area (Å²) in [6.45, 7) is 0. The SMILES string of the molecule is Nc1c(C=C2C=CC(=O)C(O)=C2)c(=O)nc2sc3ccccc3n12. The Bertz CT molecular complexity index is 1160. The number of thiazole rings is 1. The van der Waals surface area contributed by atoms with Gasteiger partial charge in [0, 0.05) is 0 Å². The quantitative estimate of drug-likeness (QED) is 0.711. The van der Waals surface area contributed by atoms with Gasteiger partial charge in [-0.1, -0.05) is 29.5 Å². The average molecular weight is 337 g/mol. The molecule has 0 unspecified atom stereocenters. The van der Waals surface area contributed by atoms with Gasteiger partial charge < -0.3 is 10.8 Å². The molecule has 7 heteroatoms. The molecule has 0 saturated carbocycles. The van der Waals surface area contributed by atoms with Gasteiger partial charge in [-0.3, -0.25) is 14.0 Å². The minimum atomic E-state index is -0.478. The molecule has 1 aliphatic rings. The van der Waals surface area contributed by atoms with Gasteiger partial charge in [0.25, 0.3) is 5.56 Å². The van der Waals surface area contributed by atoms with Gasteiger partial charge in [0.1, 0.15) is 5.82 Å². The number of fused-ring (bicyclic) bond motifs is 3. The minimum absolute atomic E-state index is 0.217. The number of nitrogens with two attached hydrogens (primary N) is 1. The highest BCUT2D eigenvalue weighted by Gasteiger charge is 2.15. The van der Waals surface area contributed by atoms with Crippen molar-refractivity contribution in [3.8, 4) is 0 Å². The fraction of sp³-hybridized carbons (Fsp3) is 0. The second kappa shape index (κ2) is 5.17. The van der Waals surface area contributed by atoms with E-state index in [0.29, 0.717) is 10.5 Å². The summed E-state index contributed by atoms with van der Waals surface area (Å²) < 4.78 is 2.70. The summed E-state index contributed by atoms with van der Waals surface area (Å²) in [6.07, 6.45) is 5.56. The summed E-state index contributed by atoms with van der Waals surface area (Å²) >= 11 is 1.39. The summed E-state index contributed by atoms with van der Waals surface area (Å²) in [4.78, 5) is 28.2. The third kappa shape index (κ3) is 2.14. The maximum absolute atomic E-state index is 12.3. The lowest BCUT2D eigenvalue weighted by molar-refractivity contribution is -0.113. The number of allylic oxidation sites excluding steroid dienone is 4. The molecule has 1 aliphatic carbocycles. The first-order valence-corrected chi connectivity index (χ1v) is 7.91. The molecule has 0 radical (unpaired) electrons. The third-order valence-electron chi connectivity index (χ3n) is 3.74. The Labute approximate surface area is 139 Å². The van der Waals surface area contributed by atoms with Crippen molar-refractivity contribution in [2.45, 2.75) is 0 Å². The van der Waals surface area contributed by atoms with Crippen LogP contribution in [0.5, 0.6) is 0 Å². The lowest BCUT2D eigenvalue weighted by Crippen LogP contribution is -2.16. The van der Waals surface area contributed by atoms with Crippen LogP contribution in [0.15, 0.2) is 58.6 Å². The highest BCUT2D eigenvalue weighted by Crippen LogP contribution is 2.28. The van der Waals surface area contributed by atoms with Gasteiger partial charge in [-0.25, -0.2) is 0 Å². The van der Waals surface area contributed by atoms with Gasteiger partial charge in [-0.05, 0) is 35.9 Å². The number of carbonyl (C=O) groups excluding carboxylic acids is 1. The molecule has 24 heavy (non-hydrogen) atoms. The van der Waals surface area contributed by atoms with Crippen molar-refractivity contribution in [1.82, 2.24) is 9.38 Å². The zero-order valence-corrected chi connectivity index (χ0v) is 13.1. The molecule has 118 valence electrons. The Kier molecular flexibility index (Phi) is 3.10. The molecule has 0 bridgehead atoms. The van der Waals surface area contributed by atoms with E-state index in [4.69, 9.17) is 5.73 Å². The maximum atomic E-state index is 12.3. The minimum Gasteiger partial charge on any atom is -0.504 e. The highest BCUT2D eigenvalue weighted by molar-refractivity contribution is 7.23. The molecule has 0 atom stereocenters. The Balaban J connectivity index is 2.00. The standard InChI is InChI=1S/C17H11N3O3S/c18-15-10(7-9-5-6-12(21)13(22)8-9)16(23)19-17-20(15)11-3-1-2-4-14(11)24-17/h1-8,22H,18H2. The normalized spacial score (nSPS) is 16.2. The molecule has 1 aromatic carbocycles. The van der Waals surface area contributed by atoms with Crippen LogP contribution in [0.3, 0.4) is 0 Å². The first-order valence-electron chi connectivity index (χ1n) is 7.09. The molecule has 0 aliphatic heterocycles. The van der Waals surface area contributed by atoms with Crippen LogP contribution in [0.4, 0.5) is 5.82 Å². The van der Waals surface area contributed by atoms with E-state index in [0.717, 1.165) is 10.2 Å². The molecule has 2 heterocycles. The van der Waals surface area contributed by atoms with E-state index in [1.54, 1.807) is 4.40 Å². The molecule has 0 amide bonds. The smallest absolute Gasteiger partial charge is 0.283 e. The van der Waals surface area contributed by atoms with Crippen molar-refractivity contribution < 1.29 is 9.90 Å². The van der Waals surface area contributed by atoms with Gasteiger partial charge in [0.05, 0.1) is 15.8 Å². The number of anilines is 1. The fourth-order valence-corrected chi connectivity index (χ4v) is 3.61. The number of para-hydroxylation sites is 1. The van der Waals surface area contributed by atoms with Crippen LogP contribution in [0.2, 0.25) is 0 Å². The summed E-state index contributed by atoms with van der Waals surface area (Å²) in [7, 11) is 0. The van der Waals surface area contributed by atoms with Crippen LogP contribution in [0, 0.1) is 0 Å². The van der Waals surface area contributed by atoms with Crippen LogP contribution in [0.25, 0.3) is 21.3 Å². The molecule has 0 spiro atoms. The Hall–Kier alpha value is -3.19. The summed E-state index contributed by atoms with van der Waals surface area (Å²) in [6, 6.07) is 7.64. The highest BCUT2D eigenvalue weighted by atomic mass is 32.1. The lowest BCUT2D eigenvalue weighted by atomic mass is 10.1. The molecule has 3 N–H and O–H groups in total. The molecule has 6 nitrogen and oxygen atoms in total. The van der Waals surface area contributed by atoms with Crippen LogP contribution in [-0.2, 0) is 4.79 Å². The predicted octanol–water partition coefficient (Wildman–Crippen LogP) is 2.46. The summed E-state index contributed by atoms with van der Waals surface area (Å²) in [5, 5.41) is 9.54. The van der Waals surface area contributed by atoms with Gasteiger partial charge in [-0.2, -0.15) is 4.98 Å². The average Bonchev–Trinajstić information content (AvgIpc) is 2.92. The second-order valence-electron chi connectivity index (χ2n) is 5.28. The number of aromatic nitrogens is 2. The molecule has 2 aromatic heterocycles. The van der Waals surface area contributed by atoms with Crippen LogP contribution < -0.4 is 11.3 Å². The molecule has 0 fully saturated rings. The van der Waals surface area contributed by atoms with E-state index in [1.165, 1.54) is 35.6 Å². The molecule has 4 rings (SSSR count). The van der Waals surface area contributed by atoms with E-state index in [-0.39, 0.29) is 17.1 Å². The number of aliphatic hydroxyl groups excluding tert-OH is 1. The topological polar surface area (TPSA) is 97.7 Å². The zero-order valence-electron chi connectivity index (χ0n) is 12.3. The monoisotopic (exact) mass is 337 g/mol. The van der Waals surface area contributed by atoms with E-state index >= 15 is 0 Å². The Morgan fingerprint density at radius 3 is 2.79 bits per heavy atom. The number of nitrogen functional groups attached to an aromatic ring is 1. The van der Waals surface area contributed by atoms with Crippen molar-refractivity contribution in [3.63, 3.8) is 0 Å². The number of rotatable bonds is 1. The predicted molar refractivity (Wildman–Crippen MR) is 94.1 cm³/mol. The van der Waals surface area contributed by atoms with Crippen LogP contribution in [-0.4, -0.2) is 20.3 Å². The number of hydrogen-bond donors (Lipinski definition) is 2. The van der Waals surface area contributed by atoms with Crippen LogP contribution >= 0.6 is 11.3 Å². The maximum Gasteiger partial charge on any atom is 0.283 e. The van der Waals surface area contributed by atoms with Crippen molar-refractivity contribution in [2.75, 3.05) is 5.73 Å². The fourth-order valence-electron chi connectivity index (χ4n) is 2.58. The van der Waals surface area contributed by atoms with Crippen molar-refractivity contribution in [1.29, 1.82) is 0 Å². The summed E-state index contributed by atoms with van der Waals surface area (Å²) in [5.41, 5.74) is 7.35. The van der Waals surface area contributed by atoms with Gasteiger partial charge in [-0.15, -0.1) is 0 Å². The van der Waals surface area contributed by atoms with E-state index in [1.807, 2.05) is 24.3 Å². The van der Waals surface area contributed by atoms with Crippen LogP contribution in [0.1, 0.15) is 5.56 Å². The first kappa shape index (κ1) is 14.4. The molecular weight excluding hydrogens is 326 g/mol. The number of hydrogen-bond acceptors (Lipinski definition) is 6. The number of nitrogens with zero attached hydrogens (tertiary/aromatic N) is 2. The first-order chi connectivity index (χ1) is 11.5. The van der Waals surface area contributed by atoms with Gasteiger partial charge in [0.2, 0.25) is 5.78 Å². The lowest BCUT2D eigenvalue weighted by Gasteiger charge is -2.07. The van der Waals surface area contributed by atoms with Crippen molar-refractivity contribution >= 4 is 44.2 Å². The van der Waals surface area contributed by atoms with Crippen molar-refractivity contribution in [3.05, 3.63) is 69.7 Å². The zero-order chi connectivity index (χ0) is 16.8. The van der Waals surface area contributed by atoms with E-state index < -0.39 is 11.3 Å². The number of benzene rings is 1. The second-order valence-corrected chi connectivity index (χ2v) is 6.28. The Morgan fingerprint density at radius 1 is 1.21 bits per heavy atom. The number of aliphatic hydroxyl groups is 1. The number of ketones is 1. The third-order valence-corrected chi connectivity index (χ3v) is 4.76. The van der Waals surface area contributed by atoms with Crippen molar-refractivity contribution in [2.24, 2.45) is 0 Å². The molecule has 3 aromatic rings. The van der Waals surface area contributed by atoms with E-state index in [2.05, 4.69) is 4.98 Å².